The van der Waals surface area contributed by atoms with Gasteiger partial charge in [0.15, 0.2) is 0 Å². The van der Waals surface area contributed by atoms with Gasteiger partial charge in [-0.2, -0.15) is 0 Å². The summed E-state index contributed by atoms with van der Waals surface area (Å²) >= 11 is 0. The predicted octanol–water partition coefficient (Wildman–Crippen LogP) is 1.30. The summed E-state index contributed by atoms with van der Waals surface area (Å²) in [4.78, 5) is 1.80. The van der Waals surface area contributed by atoms with Gasteiger partial charge in [-0.3, -0.25) is 4.90 Å². The quantitative estimate of drug-likeness (QED) is 0.536. The molecule has 1 unspecified atom stereocenters. The summed E-state index contributed by atoms with van der Waals surface area (Å²) in [6.45, 7) is 2.80. The molecule has 0 bridgehead atoms. The number of rotatable bonds is 4. The normalized spacial score (nSPS) is 13.1. The maximum absolute atomic E-state index is 12.6. The van der Waals surface area contributed by atoms with Crippen molar-refractivity contribution >= 4 is 0 Å². The zero-order valence-electron chi connectivity index (χ0n) is 6.60. The number of terminal acetylenes is 1. The highest BCUT2D eigenvalue weighted by molar-refractivity contribution is 4.87. The summed E-state index contributed by atoms with van der Waals surface area (Å²) in [6, 6.07) is 0. The van der Waals surface area contributed by atoms with Crippen LogP contribution in [0.2, 0.25) is 0 Å². The molecular formula is C8H14FN. The van der Waals surface area contributed by atoms with Gasteiger partial charge in [0.1, 0.15) is 6.17 Å². The van der Waals surface area contributed by atoms with Gasteiger partial charge in [-0.05, 0) is 13.5 Å². The van der Waals surface area contributed by atoms with E-state index in [0.717, 1.165) is 0 Å². The van der Waals surface area contributed by atoms with Gasteiger partial charge in [0, 0.05) is 6.54 Å². The van der Waals surface area contributed by atoms with Gasteiger partial charge in [0.2, 0.25) is 0 Å². The molecule has 10 heavy (non-hydrogen) atoms. The SMILES string of the molecule is C#CCN(C)CC(F)CC. The molecule has 0 heterocycles. The molecule has 0 spiro atoms. The summed E-state index contributed by atoms with van der Waals surface area (Å²) < 4.78 is 12.6. The van der Waals surface area contributed by atoms with E-state index >= 15 is 0 Å². The summed E-state index contributed by atoms with van der Waals surface area (Å²) in [5, 5.41) is 0. The van der Waals surface area contributed by atoms with Crippen LogP contribution in [0.15, 0.2) is 0 Å². The maximum Gasteiger partial charge on any atom is 0.112 e. The van der Waals surface area contributed by atoms with E-state index in [1.54, 1.807) is 4.90 Å². The highest BCUT2D eigenvalue weighted by Gasteiger charge is 2.05. The van der Waals surface area contributed by atoms with E-state index in [1.165, 1.54) is 0 Å². The van der Waals surface area contributed by atoms with Crippen LogP contribution < -0.4 is 0 Å². The Balaban J connectivity index is 3.38. The molecule has 0 N–H and O–H groups in total. The summed E-state index contributed by atoms with van der Waals surface area (Å²) in [7, 11) is 1.82. The average Bonchev–Trinajstić information content (AvgIpc) is 1.88. The van der Waals surface area contributed by atoms with E-state index in [0.29, 0.717) is 19.5 Å². The van der Waals surface area contributed by atoms with Gasteiger partial charge >= 0.3 is 0 Å². The first-order valence-corrected chi connectivity index (χ1v) is 3.46. The number of alkyl halides is 1. The molecule has 0 aliphatic rings. The molecule has 1 nitrogen and oxygen atoms in total. The van der Waals surface area contributed by atoms with Crippen LogP contribution >= 0.6 is 0 Å². The molecule has 0 rings (SSSR count). The Morgan fingerprint density at radius 1 is 1.70 bits per heavy atom. The van der Waals surface area contributed by atoms with Crippen LogP contribution in [-0.2, 0) is 0 Å². The predicted molar refractivity (Wildman–Crippen MR) is 41.5 cm³/mol. The average molecular weight is 143 g/mol. The van der Waals surface area contributed by atoms with Gasteiger partial charge in [-0.1, -0.05) is 12.8 Å². The number of nitrogens with zero attached hydrogens (tertiary/aromatic N) is 1. The van der Waals surface area contributed by atoms with E-state index in [2.05, 4.69) is 5.92 Å². The smallest absolute Gasteiger partial charge is 0.112 e. The molecule has 0 amide bonds. The molecule has 0 aromatic heterocycles. The molecule has 0 aromatic rings. The lowest BCUT2D eigenvalue weighted by Crippen LogP contribution is -2.26. The first-order chi connectivity index (χ1) is 4.70. The highest BCUT2D eigenvalue weighted by Crippen LogP contribution is 1.97. The molecule has 0 aliphatic carbocycles. The highest BCUT2D eigenvalue weighted by atomic mass is 19.1. The third-order valence-electron chi connectivity index (χ3n) is 1.31. The molecule has 0 aromatic carbocycles. The molecular weight excluding hydrogens is 129 g/mol. The van der Waals surface area contributed by atoms with Crippen LogP contribution in [0.3, 0.4) is 0 Å². The molecule has 0 saturated heterocycles. The van der Waals surface area contributed by atoms with Crippen molar-refractivity contribution in [1.82, 2.24) is 4.90 Å². The second kappa shape index (κ2) is 5.25. The Labute approximate surface area is 62.2 Å². The second-order valence-electron chi connectivity index (χ2n) is 2.41. The van der Waals surface area contributed by atoms with Gasteiger partial charge in [0.05, 0.1) is 6.54 Å². The minimum Gasteiger partial charge on any atom is -0.293 e. The van der Waals surface area contributed by atoms with E-state index in [4.69, 9.17) is 6.42 Å². The van der Waals surface area contributed by atoms with E-state index in [1.807, 2.05) is 14.0 Å². The number of hydrogen-bond donors (Lipinski definition) is 0. The van der Waals surface area contributed by atoms with Gasteiger partial charge in [-0.25, -0.2) is 4.39 Å². The van der Waals surface area contributed by atoms with Gasteiger partial charge < -0.3 is 0 Å². The lowest BCUT2D eigenvalue weighted by molar-refractivity contribution is 0.230. The van der Waals surface area contributed by atoms with Gasteiger partial charge in [0.25, 0.3) is 0 Å². The van der Waals surface area contributed by atoms with E-state index < -0.39 is 6.17 Å². The fraction of sp³-hybridized carbons (Fsp3) is 0.750. The fourth-order valence-electron chi connectivity index (χ4n) is 0.688. The minimum absolute atomic E-state index is 0.445. The summed E-state index contributed by atoms with van der Waals surface area (Å²) in [5.41, 5.74) is 0. The first kappa shape index (κ1) is 9.45. The third-order valence-corrected chi connectivity index (χ3v) is 1.31. The van der Waals surface area contributed by atoms with Crippen LogP contribution in [0.25, 0.3) is 0 Å². The minimum atomic E-state index is -0.738. The molecule has 2 heteroatoms. The van der Waals surface area contributed by atoms with Crippen molar-refractivity contribution in [2.45, 2.75) is 19.5 Å². The number of hydrogen-bond acceptors (Lipinski definition) is 1. The first-order valence-electron chi connectivity index (χ1n) is 3.46. The lowest BCUT2D eigenvalue weighted by Gasteiger charge is -2.14. The Hall–Kier alpha value is -0.550. The zero-order chi connectivity index (χ0) is 7.98. The molecule has 0 aliphatic heterocycles. The fourth-order valence-corrected chi connectivity index (χ4v) is 0.688. The zero-order valence-corrected chi connectivity index (χ0v) is 6.60. The summed E-state index contributed by atoms with van der Waals surface area (Å²) in [5.74, 6) is 2.46. The maximum atomic E-state index is 12.6. The molecule has 0 fully saturated rings. The second-order valence-corrected chi connectivity index (χ2v) is 2.41. The van der Waals surface area contributed by atoms with Crippen molar-refractivity contribution in [3.8, 4) is 12.3 Å². The lowest BCUT2D eigenvalue weighted by atomic mass is 10.3. The van der Waals surface area contributed by atoms with Crippen LogP contribution in [0.4, 0.5) is 4.39 Å². The molecule has 1 atom stereocenters. The van der Waals surface area contributed by atoms with E-state index in [9.17, 15) is 4.39 Å². The molecule has 58 valence electrons. The topological polar surface area (TPSA) is 3.24 Å². The Morgan fingerprint density at radius 3 is 2.70 bits per heavy atom. The van der Waals surface area contributed by atoms with Crippen molar-refractivity contribution in [2.75, 3.05) is 20.1 Å². The monoisotopic (exact) mass is 143 g/mol. The molecule has 0 saturated carbocycles. The number of halogens is 1. The van der Waals surface area contributed by atoms with Crippen molar-refractivity contribution in [1.29, 1.82) is 0 Å². The van der Waals surface area contributed by atoms with Gasteiger partial charge in [-0.15, -0.1) is 6.42 Å². The van der Waals surface area contributed by atoms with Crippen LogP contribution in [0, 0.1) is 12.3 Å². The van der Waals surface area contributed by atoms with Crippen molar-refractivity contribution in [2.24, 2.45) is 0 Å². The summed E-state index contributed by atoms with van der Waals surface area (Å²) in [6.07, 6.45) is 4.86. The van der Waals surface area contributed by atoms with E-state index in [-0.39, 0.29) is 0 Å². The molecule has 0 radical (unpaired) electrons. The van der Waals surface area contributed by atoms with Crippen LogP contribution in [0.5, 0.6) is 0 Å². The standard InChI is InChI=1S/C8H14FN/c1-4-6-10(3)7-8(9)5-2/h1,8H,5-7H2,2-3H3. The van der Waals surface area contributed by atoms with Crippen molar-refractivity contribution in [3.63, 3.8) is 0 Å². The van der Waals surface area contributed by atoms with Crippen LogP contribution in [-0.4, -0.2) is 31.2 Å². The third kappa shape index (κ3) is 4.34. The van der Waals surface area contributed by atoms with Crippen molar-refractivity contribution in [3.05, 3.63) is 0 Å². The largest absolute Gasteiger partial charge is 0.293 e. The Bertz CT molecular complexity index is 117. The Kier molecular flexibility index (Phi) is 4.96. The van der Waals surface area contributed by atoms with Crippen molar-refractivity contribution < 1.29 is 4.39 Å². The van der Waals surface area contributed by atoms with Crippen LogP contribution in [0.1, 0.15) is 13.3 Å². The Morgan fingerprint density at radius 2 is 2.30 bits per heavy atom.